The van der Waals surface area contributed by atoms with Gasteiger partial charge in [-0.05, 0) is 31.3 Å². The van der Waals surface area contributed by atoms with Gasteiger partial charge in [-0.2, -0.15) is 0 Å². The van der Waals surface area contributed by atoms with Crippen LogP contribution in [0.15, 0.2) is 29.2 Å². The number of sulfonamides is 1. The van der Waals surface area contributed by atoms with Crippen LogP contribution in [0, 0.1) is 5.82 Å². The topological polar surface area (TPSA) is 69.7 Å². The van der Waals surface area contributed by atoms with E-state index in [0.717, 1.165) is 25.2 Å². The molecule has 122 valence electrons. The molecule has 1 amide bonds. The molecular formula is C14H20FN3O3S. The summed E-state index contributed by atoms with van der Waals surface area (Å²) in [4.78, 5) is 15.9. The fourth-order valence-electron chi connectivity index (χ4n) is 2.20. The van der Waals surface area contributed by atoms with Crippen molar-refractivity contribution in [3.05, 3.63) is 30.1 Å². The van der Waals surface area contributed by atoms with Crippen LogP contribution < -0.4 is 4.72 Å². The van der Waals surface area contributed by atoms with E-state index in [0.29, 0.717) is 13.1 Å². The molecule has 8 heteroatoms. The maximum atomic E-state index is 12.8. The van der Waals surface area contributed by atoms with Gasteiger partial charge in [0.1, 0.15) is 5.82 Å². The zero-order chi connectivity index (χ0) is 16.2. The number of amides is 1. The van der Waals surface area contributed by atoms with Gasteiger partial charge < -0.3 is 9.80 Å². The Morgan fingerprint density at radius 1 is 1.18 bits per heavy atom. The minimum absolute atomic E-state index is 0.0130. The average molecular weight is 329 g/mol. The van der Waals surface area contributed by atoms with Crippen LogP contribution in [0.5, 0.6) is 0 Å². The molecule has 0 saturated carbocycles. The number of nitrogens with one attached hydrogen (secondary N) is 1. The second-order valence-corrected chi connectivity index (χ2v) is 7.05. The maximum absolute atomic E-state index is 12.8. The van der Waals surface area contributed by atoms with Gasteiger partial charge in [0, 0.05) is 39.1 Å². The summed E-state index contributed by atoms with van der Waals surface area (Å²) >= 11 is 0. The first-order valence-electron chi connectivity index (χ1n) is 7.10. The Balaban J connectivity index is 1.82. The van der Waals surface area contributed by atoms with Gasteiger partial charge in [-0.1, -0.05) is 0 Å². The van der Waals surface area contributed by atoms with Gasteiger partial charge in [-0.15, -0.1) is 0 Å². The molecule has 1 aliphatic heterocycles. The lowest BCUT2D eigenvalue weighted by Gasteiger charge is -2.32. The summed E-state index contributed by atoms with van der Waals surface area (Å²) in [6.45, 7) is 3.02. The summed E-state index contributed by atoms with van der Waals surface area (Å²) in [6, 6.07) is 4.56. The molecule has 22 heavy (non-hydrogen) atoms. The molecule has 1 N–H and O–H groups in total. The lowest BCUT2D eigenvalue weighted by molar-refractivity contribution is -0.132. The quantitative estimate of drug-likeness (QED) is 0.842. The van der Waals surface area contributed by atoms with Crippen LogP contribution in [-0.4, -0.2) is 63.9 Å². The Morgan fingerprint density at radius 2 is 1.77 bits per heavy atom. The number of hydrogen-bond acceptors (Lipinski definition) is 4. The number of piperazine rings is 1. The smallest absolute Gasteiger partial charge is 0.240 e. The number of carbonyl (C=O) groups excluding carboxylic acids is 1. The molecular weight excluding hydrogens is 309 g/mol. The second-order valence-electron chi connectivity index (χ2n) is 5.29. The highest BCUT2D eigenvalue weighted by Crippen LogP contribution is 2.09. The highest BCUT2D eigenvalue weighted by molar-refractivity contribution is 7.89. The summed E-state index contributed by atoms with van der Waals surface area (Å²) < 4.78 is 39.1. The van der Waals surface area contributed by atoms with Gasteiger partial charge in [-0.25, -0.2) is 17.5 Å². The highest BCUT2D eigenvalue weighted by atomic mass is 32.2. The number of hydrogen-bond donors (Lipinski definition) is 1. The first-order chi connectivity index (χ1) is 10.4. The molecule has 0 atom stereocenters. The van der Waals surface area contributed by atoms with E-state index in [2.05, 4.69) is 9.62 Å². The number of nitrogens with zero attached hydrogens (tertiary/aromatic N) is 2. The number of rotatable bonds is 5. The molecule has 1 heterocycles. The van der Waals surface area contributed by atoms with Crippen molar-refractivity contribution in [3.8, 4) is 0 Å². The van der Waals surface area contributed by atoms with Crippen molar-refractivity contribution in [3.63, 3.8) is 0 Å². The van der Waals surface area contributed by atoms with Gasteiger partial charge in [-0.3, -0.25) is 4.79 Å². The van der Waals surface area contributed by atoms with E-state index in [-0.39, 0.29) is 23.8 Å². The van der Waals surface area contributed by atoms with Crippen LogP contribution in [0.4, 0.5) is 4.39 Å². The molecule has 2 rings (SSSR count). The number of carbonyl (C=O) groups is 1. The Hall–Kier alpha value is -1.51. The summed E-state index contributed by atoms with van der Waals surface area (Å²) in [5, 5.41) is 0. The normalized spacial score (nSPS) is 16.7. The fraction of sp³-hybridized carbons (Fsp3) is 0.500. The van der Waals surface area contributed by atoms with Crippen molar-refractivity contribution in [1.29, 1.82) is 0 Å². The lowest BCUT2D eigenvalue weighted by Crippen LogP contribution is -2.47. The second kappa shape index (κ2) is 7.17. The van der Waals surface area contributed by atoms with E-state index in [1.54, 1.807) is 4.90 Å². The number of benzene rings is 1. The molecule has 1 saturated heterocycles. The van der Waals surface area contributed by atoms with Crippen LogP contribution in [0.25, 0.3) is 0 Å². The third kappa shape index (κ3) is 4.49. The predicted molar refractivity (Wildman–Crippen MR) is 80.3 cm³/mol. The molecule has 1 aromatic carbocycles. The Labute approximate surface area is 130 Å². The Bertz CT molecular complexity index is 611. The van der Waals surface area contributed by atoms with Gasteiger partial charge in [0.25, 0.3) is 0 Å². The minimum atomic E-state index is -3.71. The molecule has 0 unspecified atom stereocenters. The van der Waals surface area contributed by atoms with Crippen molar-refractivity contribution in [2.75, 3.05) is 39.8 Å². The first-order valence-corrected chi connectivity index (χ1v) is 8.58. The van der Waals surface area contributed by atoms with Crippen molar-refractivity contribution < 1.29 is 17.6 Å². The summed E-state index contributed by atoms with van der Waals surface area (Å²) in [7, 11) is -1.71. The van der Waals surface area contributed by atoms with Gasteiger partial charge >= 0.3 is 0 Å². The van der Waals surface area contributed by atoms with Crippen LogP contribution >= 0.6 is 0 Å². The van der Waals surface area contributed by atoms with Crippen molar-refractivity contribution in [1.82, 2.24) is 14.5 Å². The first kappa shape index (κ1) is 16.9. The highest BCUT2D eigenvalue weighted by Gasteiger charge is 2.20. The van der Waals surface area contributed by atoms with Crippen LogP contribution in [-0.2, 0) is 14.8 Å². The van der Waals surface area contributed by atoms with Crippen molar-refractivity contribution >= 4 is 15.9 Å². The van der Waals surface area contributed by atoms with Crippen molar-refractivity contribution in [2.45, 2.75) is 11.3 Å². The van der Waals surface area contributed by atoms with Crippen LogP contribution in [0.3, 0.4) is 0 Å². The Morgan fingerprint density at radius 3 is 2.36 bits per heavy atom. The van der Waals surface area contributed by atoms with Gasteiger partial charge in [0.05, 0.1) is 4.90 Å². The van der Waals surface area contributed by atoms with E-state index in [1.165, 1.54) is 12.1 Å². The van der Waals surface area contributed by atoms with Gasteiger partial charge in [0.15, 0.2) is 0 Å². The monoisotopic (exact) mass is 329 g/mol. The van der Waals surface area contributed by atoms with Crippen LogP contribution in [0.1, 0.15) is 6.42 Å². The van der Waals surface area contributed by atoms with E-state index in [4.69, 9.17) is 0 Å². The fourth-order valence-corrected chi connectivity index (χ4v) is 3.24. The van der Waals surface area contributed by atoms with E-state index in [9.17, 15) is 17.6 Å². The van der Waals surface area contributed by atoms with E-state index in [1.807, 2.05) is 7.05 Å². The summed E-state index contributed by atoms with van der Waals surface area (Å²) in [6.07, 6.45) is 0.115. The Kier molecular flexibility index (Phi) is 5.49. The molecule has 1 fully saturated rings. The summed E-state index contributed by atoms with van der Waals surface area (Å²) in [5.74, 6) is -0.556. The van der Waals surface area contributed by atoms with E-state index < -0.39 is 15.8 Å². The molecule has 0 spiro atoms. The third-order valence-electron chi connectivity index (χ3n) is 3.61. The molecule has 1 aromatic rings. The molecule has 0 bridgehead atoms. The molecule has 6 nitrogen and oxygen atoms in total. The standard InChI is InChI=1S/C14H20FN3O3S/c1-17-8-10-18(11-9-17)14(19)6-7-16-22(20,21)13-4-2-12(15)3-5-13/h2-5,16H,6-11H2,1H3. The van der Waals surface area contributed by atoms with Gasteiger partial charge in [0.2, 0.25) is 15.9 Å². The largest absolute Gasteiger partial charge is 0.340 e. The maximum Gasteiger partial charge on any atom is 0.240 e. The lowest BCUT2D eigenvalue weighted by atomic mass is 10.3. The molecule has 1 aliphatic rings. The van der Waals surface area contributed by atoms with Crippen LogP contribution in [0.2, 0.25) is 0 Å². The SMILES string of the molecule is CN1CCN(C(=O)CCNS(=O)(=O)c2ccc(F)cc2)CC1. The van der Waals surface area contributed by atoms with Crippen molar-refractivity contribution in [2.24, 2.45) is 0 Å². The average Bonchev–Trinajstić information content (AvgIpc) is 2.48. The minimum Gasteiger partial charge on any atom is -0.340 e. The van der Waals surface area contributed by atoms with E-state index >= 15 is 0 Å². The number of likely N-dealkylation sites (N-methyl/N-ethyl adjacent to an activating group) is 1. The molecule has 0 aromatic heterocycles. The number of halogens is 1. The molecule has 0 aliphatic carbocycles. The zero-order valence-corrected chi connectivity index (χ0v) is 13.3. The molecule has 0 radical (unpaired) electrons. The zero-order valence-electron chi connectivity index (χ0n) is 12.5. The predicted octanol–water partition coefficient (Wildman–Crippen LogP) is 0.268. The summed E-state index contributed by atoms with van der Waals surface area (Å²) in [5.41, 5.74) is 0. The third-order valence-corrected chi connectivity index (χ3v) is 5.09.